The third kappa shape index (κ3) is 7.49. The van der Waals surface area contributed by atoms with E-state index in [0.717, 1.165) is 0 Å². The fourth-order valence-corrected chi connectivity index (χ4v) is 0.304. The molecule has 0 spiro atoms. The van der Waals surface area contributed by atoms with Crippen LogP contribution >= 0.6 is 0 Å². The Bertz CT molecular complexity index is 75.4. The minimum atomic E-state index is -2.43. The van der Waals surface area contributed by atoms with E-state index in [2.05, 4.69) is 4.74 Å². The Morgan fingerprint density at radius 1 is 1.56 bits per heavy atom. The fraction of sp³-hybridized carbons (Fsp3) is 0.800. The van der Waals surface area contributed by atoms with Crippen molar-refractivity contribution in [1.29, 1.82) is 0 Å². The maximum Gasteiger partial charge on any atom is 0.261 e. The van der Waals surface area contributed by atoms with Crippen LogP contribution in [0.1, 0.15) is 6.42 Å². The molecule has 0 radical (unpaired) electrons. The predicted octanol–water partition coefficient (Wildman–Crippen LogP) is 0.857. The molecule has 0 aliphatic rings. The molecule has 0 amide bonds. The number of hydrogen-bond donors (Lipinski definition) is 0. The molecule has 0 aliphatic heterocycles. The van der Waals surface area contributed by atoms with E-state index < -0.39 is 13.0 Å². The summed E-state index contributed by atoms with van der Waals surface area (Å²) >= 11 is 0. The van der Waals surface area contributed by atoms with Gasteiger partial charge in [-0.1, -0.05) is 0 Å². The van der Waals surface area contributed by atoms with Gasteiger partial charge in [0.15, 0.2) is 0 Å². The summed E-state index contributed by atoms with van der Waals surface area (Å²) in [5, 5.41) is 0. The van der Waals surface area contributed by atoms with Gasteiger partial charge in [0.05, 0.1) is 6.61 Å². The number of ether oxygens (including phenoxy) is 1. The SMILES string of the molecule is O=CCCOCC(F)F. The minimum absolute atomic E-state index is 0.0911. The first-order valence-corrected chi connectivity index (χ1v) is 2.57. The molecular formula is C5H8F2O2. The molecule has 54 valence electrons. The number of carbonyl (C=O) groups is 1. The lowest BCUT2D eigenvalue weighted by atomic mass is 10.5. The first-order valence-electron chi connectivity index (χ1n) is 2.57. The molecule has 0 aromatic heterocycles. The normalized spacial score (nSPS) is 10.1. The van der Waals surface area contributed by atoms with E-state index in [9.17, 15) is 13.6 Å². The van der Waals surface area contributed by atoms with E-state index in [0.29, 0.717) is 6.29 Å². The van der Waals surface area contributed by atoms with Crippen LogP contribution < -0.4 is 0 Å². The van der Waals surface area contributed by atoms with Crippen molar-refractivity contribution in [3.8, 4) is 0 Å². The number of alkyl halides is 2. The van der Waals surface area contributed by atoms with E-state index in [-0.39, 0.29) is 13.0 Å². The molecular weight excluding hydrogens is 130 g/mol. The van der Waals surface area contributed by atoms with Gasteiger partial charge in [0.25, 0.3) is 6.43 Å². The highest BCUT2D eigenvalue weighted by Crippen LogP contribution is 1.91. The number of hydrogen-bond acceptors (Lipinski definition) is 2. The summed E-state index contributed by atoms with van der Waals surface area (Å²) in [6.07, 6.45) is -1.62. The van der Waals surface area contributed by atoms with Crippen LogP contribution in [0, 0.1) is 0 Å². The van der Waals surface area contributed by atoms with Crippen LogP contribution in [0.5, 0.6) is 0 Å². The number of rotatable bonds is 5. The monoisotopic (exact) mass is 138 g/mol. The van der Waals surface area contributed by atoms with Gasteiger partial charge in [0, 0.05) is 6.42 Å². The molecule has 0 fully saturated rings. The van der Waals surface area contributed by atoms with Crippen LogP contribution in [0.2, 0.25) is 0 Å². The zero-order valence-electron chi connectivity index (χ0n) is 4.85. The van der Waals surface area contributed by atoms with Crippen LogP contribution in [0.15, 0.2) is 0 Å². The van der Waals surface area contributed by atoms with Crippen molar-refractivity contribution in [3.63, 3.8) is 0 Å². The average Bonchev–Trinajstić information content (AvgIpc) is 1.80. The molecule has 9 heavy (non-hydrogen) atoms. The van der Waals surface area contributed by atoms with Crippen LogP contribution in [0.25, 0.3) is 0 Å². The lowest BCUT2D eigenvalue weighted by molar-refractivity contribution is -0.109. The minimum Gasteiger partial charge on any atom is -0.375 e. The van der Waals surface area contributed by atoms with Crippen LogP contribution in [0.4, 0.5) is 8.78 Å². The third-order valence-corrected chi connectivity index (χ3v) is 0.624. The summed E-state index contributed by atoms with van der Waals surface area (Å²) in [6, 6.07) is 0. The van der Waals surface area contributed by atoms with Gasteiger partial charge < -0.3 is 9.53 Å². The summed E-state index contributed by atoms with van der Waals surface area (Å²) in [7, 11) is 0. The summed E-state index contributed by atoms with van der Waals surface area (Å²) in [4.78, 5) is 9.58. The summed E-state index contributed by atoms with van der Waals surface area (Å²) in [5.74, 6) is 0. The largest absolute Gasteiger partial charge is 0.375 e. The molecule has 0 N–H and O–H groups in total. The van der Waals surface area contributed by atoms with E-state index in [4.69, 9.17) is 0 Å². The predicted molar refractivity (Wildman–Crippen MR) is 27.5 cm³/mol. The first-order chi connectivity index (χ1) is 4.27. The van der Waals surface area contributed by atoms with Crippen molar-refractivity contribution in [1.82, 2.24) is 0 Å². The topological polar surface area (TPSA) is 26.3 Å². The zero-order valence-corrected chi connectivity index (χ0v) is 4.85. The van der Waals surface area contributed by atoms with Gasteiger partial charge in [-0.25, -0.2) is 8.78 Å². The van der Waals surface area contributed by atoms with E-state index in [1.165, 1.54) is 0 Å². The molecule has 0 saturated carbocycles. The van der Waals surface area contributed by atoms with Gasteiger partial charge in [-0.15, -0.1) is 0 Å². The van der Waals surface area contributed by atoms with Crippen molar-refractivity contribution >= 4 is 6.29 Å². The van der Waals surface area contributed by atoms with E-state index >= 15 is 0 Å². The number of aldehydes is 1. The summed E-state index contributed by atoms with van der Waals surface area (Å²) in [5.41, 5.74) is 0. The molecule has 0 heterocycles. The molecule has 0 atom stereocenters. The van der Waals surface area contributed by atoms with Crippen LogP contribution in [-0.2, 0) is 9.53 Å². The van der Waals surface area contributed by atoms with Crippen molar-refractivity contribution in [2.75, 3.05) is 13.2 Å². The van der Waals surface area contributed by atoms with Gasteiger partial charge in [0.1, 0.15) is 12.9 Å². The molecule has 0 aromatic carbocycles. The number of carbonyl (C=O) groups excluding carboxylic acids is 1. The second-order valence-corrected chi connectivity index (χ2v) is 1.42. The standard InChI is InChI=1S/C5H8F2O2/c6-5(7)4-9-3-1-2-8/h2,5H,1,3-4H2. The van der Waals surface area contributed by atoms with Gasteiger partial charge in [-0.05, 0) is 0 Å². The highest BCUT2D eigenvalue weighted by molar-refractivity contribution is 5.49. The van der Waals surface area contributed by atoms with Gasteiger partial charge in [-0.2, -0.15) is 0 Å². The Morgan fingerprint density at radius 3 is 2.67 bits per heavy atom. The Kier molecular flexibility index (Phi) is 5.30. The van der Waals surface area contributed by atoms with Crippen LogP contribution in [-0.4, -0.2) is 25.9 Å². The van der Waals surface area contributed by atoms with E-state index in [1.807, 2.05) is 0 Å². The van der Waals surface area contributed by atoms with E-state index in [1.54, 1.807) is 0 Å². The van der Waals surface area contributed by atoms with Crippen molar-refractivity contribution < 1.29 is 18.3 Å². The highest BCUT2D eigenvalue weighted by atomic mass is 19.3. The quantitative estimate of drug-likeness (QED) is 0.416. The Morgan fingerprint density at radius 2 is 2.22 bits per heavy atom. The maximum absolute atomic E-state index is 11.2. The first kappa shape index (κ1) is 8.49. The average molecular weight is 138 g/mol. The van der Waals surface area contributed by atoms with Crippen molar-refractivity contribution in [3.05, 3.63) is 0 Å². The zero-order chi connectivity index (χ0) is 7.11. The van der Waals surface area contributed by atoms with Crippen LogP contribution in [0.3, 0.4) is 0 Å². The third-order valence-electron chi connectivity index (χ3n) is 0.624. The molecule has 0 aliphatic carbocycles. The molecule has 0 saturated heterocycles. The van der Waals surface area contributed by atoms with Gasteiger partial charge in [0.2, 0.25) is 0 Å². The number of halogens is 2. The fourth-order valence-electron chi connectivity index (χ4n) is 0.304. The van der Waals surface area contributed by atoms with Crippen molar-refractivity contribution in [2.24, 2.45) is 0 Å². The Balaban J connectivity index is 2.82. The Labute approximate surface area is 51.8 Å². The van der Waals surface area contributed by atoms with Gasteiger partial charge >= 0.3 is 0 Å². The maximum atomic E-state index is 11.2. The summed E-state index contributed by atoms with van der Waals surface area (Å²) in [6.45, 7) is -0.484. The molecule has 2 nitrogen and oxygen atoms in total. The molecule has 0 bridgehead atoms. The lowest BCUT2D eigenvalue weighted by Crippen LogP contribution is -2.05. The lowest BCUT2D eigenvalue weighted by Gasteiger charge is -1.97. The second kappa shape index (κ2) is 5.62. The smallest absolute Gasteiger partial charge is 0.261 e. The second-order valence-electron chi connectivity index (χ2n) is 1.42. The highest BCUT2D eigenvalue weighted by Gasteiger charge is 1.99. The molecule has 0 unspecified atom stereocenters. The molecule has 0 aromatic rings. The summed E-state index contributed by atoms with van der Waals surface area (Å²) < 4.78 is 26.9. The molecule has 4 heteroatoms. The Hall–Kier alpha value is -0.510. The van der Waals surface area contributed by atoms with Crippen molar-refractivity contribution in [2.45, 2.75) is 12.8 Å². The van der Waals surface area contributed by atoms with Gasteiger partial charge in [-0.3, -0.25) is 0 Å². The molecule has 0 rings (SSSR count).